The van der Waals surface area contributed by atoms with E-state index in [1.54, 1.807) is 0 Å². The van der Waals surface area contributed by atoms with Gasteiger partial charge in [0.15, 0.2) is 0 Å². The van der Waals surface area contributed by atoms with Crippen molar-refractivity contribution in [1.29, 1.82) is 0 Å². The van der Waals surface area contributed by atoms with Crippen LogP contribution in [0.5, 0.6) is 0 Å². The third-order valence-corrected chi connectivity index (χ3v) is 3.72. The van der Waals surface area contributed by atoms with Gasteiger partial charge in [0.05, 0.1) is 0 Å². The van der Waals surface area contributed by atoms with Crippen molar-refractivity contribution in [1.82, 2.24) is 0 Å². The molecule has 0 saturated heterocycles. The Balaban J connectivity index is -0.000000242. The molecular formula is C18H37Mn3NO12. The quantitative estimate of drug-likeness (QED) is 0.150. The maximum absolute atomic E-state index is 8.58. The van der Waals surface area contributed by atoms with Gasteiger partial charge in [-0.3, -0.25) is 0 Å². The predicted octanol–water partition coefficient (Wildman–Crippen LogP) is 4.55. The minimum atomic E-state index is -5.62. The molecule has 0 aliphatic carbocycles. The summed E-state index contributed by atoms with van der Waals surface area (Å²) in [5.41, 5.74) is 5.47. The van der Waals surface area contributed by atoms with Crippen LogP contribution < -0.4 is 5.73 Å². The summed E-state index contributed by atoms with van der Waals surface area (Å²) in [5, 5.41) is 0. The Bertz CT molecular complexity index is 953. The molecule has 0 heterocycles. The zero-order chi connectivity index (χ0) is 27.5. The van der Waals surface area contributed by atoms with E-state index < -0.39 is 37.7 Å². The molecular weight excluding hydrogens is 587 g/mol. The zero-order valence-corrected chi connectivity index (χ0v) is 22.9. The molecule has 0 unspecified atom stereocenters. The van der Waals surface area contributed by atoms with E-state index in [9.17, 15) is 0 Å². The molecule has 207 valence electrons. The predicted molar refractivity (Wildman–Crippen MR) is 96.7 cm³/mol. The first-order valence-electron chi connectivity index (χ1n) is 10.6. The summed E-state index contributed by atoms with van der Waals surface area (Å²) in [6.45, 7) is 3.14. The van der Waals surface area contributed by atoms with E-state index in [-0.39, 0.29) is 0 Å². The number of nitrogens with two attached hydrogens (primary N) is 1. The molecule has 34 heavy (non-hydrogen) atoms. The van der Waals surface area contributed by atoms with Crippen LogP contribution in [0.25, 0.3) is 0 Å². The van der Waals surface area contributed by atoms with Gasteiger partial charge in [0.25, 0.3) is 0 Å². The summed E-state index contributed by atoms with van der Waals surface area (Å²) in [4.78, 5) is 0. The Morgan fingerprint density at radius 3 is 0.941 bits per heavy atom. The molecule has 0 aliphatic heterocycles. The third kappa shape index (κ3) is 125. The van der Waals surface area contributed by atoms with Gasteiger partial charge in [-0.25, -0.2) is 0 Å². The van der Waals surface area contributed by atoms with E-state index in [1.165, 1.54) is 89.9 Å². The second-order valence-corrected chi connectivity index (χ2v) is 10.4. The Hall–Kier alpha value is -1.14. The molecule has 0 spiro atoms. The normalized spacial score (nSPS) is 11.4. The molecule has 0 atom stereocenters. The van der Waals surface area contributed by atoms with Gasteiger partial charge in [-0.15, -0.1) is 0 Å². The third-order valence-electron chi connectivity index (χ3n) is 3.72. The number of hydrogen-bond donors (Lipinski definition) is 1. The van der Waals surface area contributed by atoms with E-state index in [2.05, 4.69) is 19.1 Å². The van der Waals surface area contributed by atoms with Crippen molar-refractivity contribution >= 4 is 0 Å². The number of allylic oxidation sites excluding steroid dienone is 2. The molecule has 13 nitrogen and oxygen atoms in total. The number of rotatable bonds is 15. The van der Waals surface area contributed by atoms with E-state index in [0.717, 1.165) is 6.54 Å². The molecule has 0 bridgehead atoms. The first kappa shape index (κ1) is 40.0. The molecule has 0 saturated carbocycles. The molecule has 0 aliphatic rings. The SMILES string of the molecule is CCCCCCCC/C=C\CCCCCCCCN.[O]=[Mn](=[O])(=[O])=[O].[O]=[Mn](=[O])(=[O])=[O].[O]=[Mn](=[O])(=[O])=[O]. The molecule has 0 fully saturated rings. The Labute approximate surface area is 204 Å². The van der Waals surface area contributed by atoms with Crippen LogP contribution in [0.3, 0.4) is 0 Å². The van der Waals surface area contributed by atoms with Crippen molar-refractivity contribution in [2.75, 3.05) is 6.54 Å². The van der Waals surface area contributed by atoms with Crippen LogP contribution in [0, 0.1) is 0 Å². The summed E-state index contributed by atoms with van der Waals surface area (Å²) in [6.07, 6.45) is 23.9. The Morgan fingerprint density at radius 1 is 0.441 bits per heavy atom. The molecule has 0 radical (unpaired) electrons. The average Bonchev–Trinajstić information content (AvgIpc) is 2.61. The van der Waals surface area contributed by atoms with Crippen molar-refractivity contribution in [3.05, 3.63) is 12.2 Å². The summed E-state index contributed by atoms with van der Waals surface area (Å²) >= 11 is -16.9. The van der Waals surface area contributed by atoms with Gasteiger partial charge in [-0.2, -0.15) is 0 Å². The van der Waals surface area contributed by atoms with Gasteiger partial charge in [-0.1, -0.05) is 76.9 Å². The standard InChI is InChI=1S/C18H37N.3Mn.12O/c1-2-3-4-5-6-7-8-9-10-11-12-13-14-15-16-17-18-19;;;;;;;;;;;;;;;/h9-10H,2-8,11-19H2,1H3;;;;;;;;;;;;;;;/b10-9-;;;;;;;;;;;;;;;. The van der Waals surface area contributed by atoms with Gasteiger partial charge >= 0.3 is 83.7 Å². The topological polar surface area (TPSA) is 231 Å². The summed E-state index contributed by atoms with van der Waals surface area (Å²) in [5.74, 6) is 0. The van der Waals surface area contributed by atoms with Crippen LogP contribution in [0.4, 0.5) is 0 Å². The van der Waals surface area contributed by atoms with Crippen LogP contribution in [0.15, 0.2) is 12.2 Å². The van der Waals surface area contributed by atoms with E-state index in [1.807, 2.05) is 0 Å². The van der Waals surface area contributed by atoms with Crippen molar-refractivity contribution in [3.63, 3.8) is 0 Å². The Morgan fingerprint density at radius 2 is 0.676 bits per heavy atom. The summed E-state index contributed by atoms with van der Waals surface area (Å²) < 4.78 is 103. The molecule has 0 rings (SSSR count). The monoisotopic (exact) mass is 624 g/mol. The van der Waals surface area contributed by atoms with Crippen LogP contribution in [0.1, 0.15) is 96.8 Å². The van der Waals surface area contributed by atoms with Crippen LogP contribution >= 0.6 is 0 Å². The van der Waals surface area contributed by atoms with Crippen molar-refractivity contribution < 1.29 is 83.7 Å². The van der Waals surface area contributed by atoms with E-state index >= 15 is 0 Å². The van der Waals surface area contributed by atoms with Crippen molar-refractivity contribution in [2.24, 2.45) is 5.73 Å². The second kappa shape index (κ2) is 26.5. The van der Waals surface area contributed by atoms with Crippen LogP contribution in [-0.4, -0.2) is 6.54 Å². The van der Waals surface area contributed by atoms with E-state index in [4.69, 9.17) is 51.8 Å². The van der Waals surface area contributed by atoms with Gasteiger partial charge in [-0.05, 0) is 38.6 Å². The second-order valence-electron chi connectivity index (χ2n) is 6.86. The maximum atomic E-state index is 8.58. The van der Waals surface area contributed by atoms with Gasteiger partial charge in [0, 0.05) is 0 Å². The molecule has 0 aromatic heterocycles. The molecule has 0 aromatic carbocycles. The van der Waals surface area contributed by atoms with Gasteiger partial charge in [0.1, 0.15) is 0 Å². The summed E-state index contributed by atoms with van der Waals surface area (Å²) in [6, 6.07) is 0. The van der Waals surface area contributed by atoms with Crippen LogP contribution in [-0.2, 0) is 83.7 Å². The number of hydrogen-bond acceptors (Lipinski definition) is 13. The fourth-order valence-electron chi connectivity index (χ4n) is 2.39. The first-order valence-corrected chi connectivity index (χ1v) is 16.4. The molecule has 2 N–H and O–H groups in total. The molecule has 0 aromatic rings. The first-order chi connectivity index (χ1) is 15.4. The fraction of sp³-hybridized carbons (Fsp3) is 0.889. The van der Waals surface area contributed by atoms with Crippen molar-refractivity contribution in [3.8, 4) is 0 Å². The fourth-order valence-corrected chi connectivity index (χ4v) is 2.39. The Kier molecular flexibility index (Phi) is 31.2. The molecule has 0 amide bonds. The van der Waals surface area contributed by atoms with E-state index in [0.29, 0.717) is 0 Å². The minimum absolute atomic E-state index is 0.862. The van der Waals surface area contributed by atoms with Gasteiger partial charge < -0.3 is 5.73 Å². The average molecular weight is 624 g/mol. The zero-order valence-electron chi connectivity index (χ0n) is 19.4. The molecule has 16 heteroatoms. The number of unbranched alkanes of at least 4 members (excludes halogenated alkanes) is 12. The van der Waals surface area contributed by atoms with Crippen LogP contribution in [0.2, 0.25) is 0 Å². The van der Waals surface area contributed by atoms with Crippen molar-refractivity contribution in [2.45, 2.75) is 96.8 Å². The summed E-state index contributed by atoms with van der Waals surface area (Å²) in [7, 11) is 0. The van der Waals surface area contributed by atoms with Gasteiger partial charge in [0.2, 0.25) is 0 Å².